The van der Waals surface area contributed by atoms with Crippen molar-refractivity contribution in [3.05, 3.63) is 70.5 Å². The maximum absolute atomic E-state index is 13.2. The second-order valence-corrected chi connectivity index (χ2v) is 8.06. The zero-order valence-corrected chi connectivity index (χ0v) is 17.4. The largest absolute Gasteiger partial charge is 0.348 e. The van der Waals surface area contributed by atoms with E-state index in [1.807, 2.05) is 62.4 Å². The van der Waals surface area contributed by atoms with E-state index in [2.05, 4.69) is 0 Å². The number of aromatic nitrogens is 2. The van der Waals surface area contributed by atoms with E-state index >= 15 is 0 Å². The van der Waals surface area contributed by atoms with Crippen LogP contribution in [0.2, 0.25) is 0 Å². The van der Waals surface area contributed by atoms with E-state index in [1.165, 1.54) is 11.8 Å². The van der Waals surface area contributed by atoms with Crippen molar-refractivity contribution in [1.82, 2.24) is 14.5 Å². The van der Waals surface area contributed by atoms with Crippen LogP contribution in [0, 0.1) is 0 Å². The first-order valence-corrected chi connectivity index (χ1v) is 10.3. The zero-order chi connectivity index (χ0) is 20.3. The van der Waals surface area contributed by atoms with Gasteiger partial charge in [-0.05, 0) is 31.0 Å². The molecule has 2 atom stereocenters. The SMILES string of the molecule is CC[C@H](C)n1c(S[C@H](C(=O)N(C)C)c2ccccc2)nc2ccccc2c1=O. The normalized spacial score (nSPS) is 13.3. The molecule has 0 radical (unpaired) electrons. The third-order valence-electron chi connectivity index (χ3n) is 4.80. The molecule has 3 aromatic rings. The van der Waals surface area contributed by atoms with Crippen LogP contribution in [0.4, 0.5) is 0 Å². The molecule has 0 fully saturated rings. The molecule has 0 bridgehead atoms. The van der Waals surface area contributed by atoms with Gasteiger partial charge in [0.25, 0.3) is 5.56 Å². The molecular formula is C22H25N3O2S. The Bertz CT molecular complexity index is 1030. The summed E-state index contributed by atoms with van der Waals surface area (Å²) in [4.78, 5) is 32.5. The highest BCUT2D eigenvalue weighted by atomic mass is 32.2. The van der Waals surface area contributed by atoms with Gasteiger partial charge in [-0.25, -0.2) is 4.98 Å². The van der Waals surface area contributed by atoms with E-state index in [0.717, 1.165) is 12.0 Å². The Kier molecular flexibility index (Phi) is 6.19. The number of thioether (sulfide) groups is 1. The van der Waals surface area contributed by atoms with E-state index < -0.39 is 5.25 Å². The van der Waals surface area contributed by atoms with Gasteiger partial charge in [-0.2, -0.15) is 0 Å². The minimum Gasteiger partial charge on any atom is -0.348 e. The summed E-state index contributed by atoms with van der Waals surface area (Å²) in [5, 5.41) is 0.698. The number of para-hydroxylation sites is 1. The number of hydrogen-bond donors (Lipinski definition) is 0. The van der Waals surface area contributed by atoms with Crippen molar-refractivity contribution >= 4 is 28.6 Å². The molecule has 1 amide bonds. The van der Waals surface area contributed by atoms with E-state index in [9.17, 15) is 9.59 Å². The maximum atomic E-state index is 13.2. The number of carbonyl (C=O) groups excluding carboxylic acids is 1. The lowest BCUT2D eigenvalue weighted by Gasteiger charge is -2.23. The van der Waals surface area contributed by atoms with Gasteiger partial charge in [0.15, 0.2) is 5.16 Å². The van der Waals surface area contributed by atoms with Crippen LogP contribution < -0.4 is 5.56 Å². The van der Waals surface area contributed by atoms with Gasteiger partial charge in [-0.15, -0.1) is 0 Å². The van der Waals surface area contributed by atoms with Crippen LogP contribution in [0.5, 0.6) is 0 Å². The number of carbonyl (C=O) groups is 1. The van der Waals surface area contributed by atoms with Gasteiger partial charge in [0.1, 0.15) is 5.25 Å². The van der Waals surface area contributed by atoms with Crippen LogP contribution in [0.25, 0.3) is 10.9 Å². The minimum atomic E-state index is -0.473. The van der Waals surface area contributed by atoms with Crippen molar-refractivity contribution in [1.29, 1.82) is 0 Å². The first-order chi connectivity index (χ1) is 13.4. The third kappa shape index (κ3) is 3.97. The van der Waals surface area contributed by atoms with Crippen LogP contribution in [-0.4, -0.2) is 34.5 Å². The second-order valence-electron chi connectivity index (χ2n) is 6.99. The molecule has 0 saturated heterocycles. The lowest BCUT2D eigenvalue weighted by molar-refractivity contribution is -0.128. The summed E-state index contributed by atoms with van der Waals surface area (Å²) in [6.07, 6.45) is 0.797. The molecule has 146 valence electrons. The second kappa shape index (κ2) is 8.61. The van der Waals surface area contributed by atoms with Crippen LogP contribution in [0.1, 0.15) is 37.1 Å². The molecule has 0 spiro atoms. The number of nitrogens with zero attached hydrogens (tertiary/aromatic N) is 3. The Morgan fingerprint density at radius 2 is 1.75 bits per heavy atom. The fourth-order valence-electron chi connectivity index (χ4n) is 3.01. The van der Waals surface area contributed by atoms with Gasteiger partial charge >= 0.3 is 0 Å². The van der Waals surface area contributed by atoms with Crippen LogP contribution in [0.3, 0.4) is 0 Å². The number of fused-ring (bicyclic) bond motifs is 1. The summed E-state index contributed by atoms with van der Waals surface area (Å²) in [5.74, 6) is -0.0330. The van der Waals surface area contributed by atoms with E-state index in [1.54, 1.807) is 29.6 Å². The van der Waals surface area contributed by atoms with E-state index in [0.29, 0.717) is 16.1 Å². The summed E-state index contributed by atoms with van der Waals surface area (Å²) >= 11 is 1.34. The number of benzene rings is 2. The molecule has 1 heterocycles. The maximum Gasteiger partial charge on any atom is 0.262 e. The first-order valence-electron chi connectivity index (χ1n) is 9.38. The molecule has 1 aromatic heterocycles. The molecule has 3 rings (SSSR count). The summed E-state index contributed by atoms with van der Waals surface area (Å²) in [5.41, 5.74) is 1.48. The zero-order valence-electron chi connectivity index (χ0n) is 16.6. The molecule has 0 aliphatic carbocycles. The van der Waals surface area contributed by atoms with Crippen LogP contribution in [0.15, 0.2) is 64.5 Å². The molecule has 0 aliphatic heterocycles. The number of hydrogen-bond acceptors (Lipinski definition) is 4. The molecule has 5 nitrogen and oxygen atoms in total. The van der Waals surface area contributed by atoms with E-state index in [4.69, 9.17) is 4.98 Å². The molecule has 2 aromatic carbocycles. The van der Waals surface area contributed by atoms with Gasteiger partial charge < -0.3 is 4.90 Å². The minimum absolute atomic E-state index is 0.0158. The van der Waals surface area contributed by atoms with E-state index in [-0.39, 0.29) is 17.5 Å². The smallest absolute Gasteiger partial charge is 0.262 e. The summed E-state index contributed by atoms with van der Waals surface area (Å²) < 4.78 is 1.73. The number of amides is 1. The molecule has 28 heavy (non-hydrogen) atoms. The third-order valence-corrected chi connectivity index (χ3v) is 6.01. The molecule has 0 aliphatic rings. The van der Waals surface area contributed by atoms with Gasteiger partial charge in [0, 0.05) is 20.1 Å². The fraction of sp³-hybridized carbons (Fsp3) is 0.318. The average Bonchev–Trinajstić information content (AvgIpc) is 2.71. The highest BCUT2D eigenvalue weighted by Crippen LogP contribution is 2.36. The Hall–Kier alpha value is -2.60. The predicted molar refractivity (Wildman–Crippen MR) is 115 cm³/mol. The highest BCUT2D eigenvalue weighted by molar-refractivity contribution is 8.00. The molecular weight excluding hydrogens is 370 g/mol. The first kappa shape index (κ1) is 20.1. The van der Waals surface area contributed by atoms with Crippen molar-refractivity contribution < 1.29 is 4.79 Å². The predicted octanol–water partition coefficient (Wildman–Crippen LogP) is 4.29. The van der Waals surface area contributed by atoms with Gasteiger partial charge in [0.2, 0.25) is 5.91 Å². The highest BCUT2D eigenvalue weighted by Gasteiger charge is 2.27. The van der Waals surface area contributed by atoms with Crippen molar-refractivity contribution in [3.63, 3.8) is 0 Å². The average molecular weight is 396 g/mol. The molecule has 0 N–H and O–H groups in total. The Labute approximate surface area is 169 Å². The van der Waals surface area contributed by atoms with Crippen LogP contribution >= 0.6 is 11.8 Å². The summed E-state index contributed by atoms with van der Waals surface area (Å²) in [7, 11) is 3.49. The quantitative estimate of drug-likeness (QED) is 0.461. The Morgan fingerprint density at radius 1 is 1.11 bits per heavy atom. The van der Waals surface area contributed by atoms with Crippen molar-refractivity contribution in [3.8, 4) is 0 Å². The van der Waals surface area contributed by atoms with Gasteiger partial charge in [-0.3, -0.25) is 14.2 Å². The van der Waals surface area contributed by atoms with Crippen molar-refractivity contribution in [2.45, 2.75) is 36.7 Å². The van der Waals surface area contributed by atoms with Crippen molar-refractivity contribution in [2.24, 2.45) is 0 Å². The molecule has 6 heteroatoms. The van der Waals surface area contributed by atoms with Gasteiger partial charge in [0.05, 0.1) is 10.9 Å². The lowest BCUT2D eigenvalue weighted by Crippen LogP contribution is -2.29. The number of rotatable bonds is 6. The monoisotopic (exact) mass is 395 g/mol. The van der Waals surface area contributed by atoms with Crippen molar-refractivity contribution in [2.75, 3.05) is 14.1 Å². The lowest BCUT2D eigenvalue weighted by atomic mass is 10.1. The molecule has 0 saturated carbocycles. The summed E-state index contributed by atoms with van der Waals surface area (Å²) in [6.45, 7) is 4.05. The van der Waals surface area contributed by atoms with Gasteiger partial charge in [-0.1, -0.05) is 61.2 Å². The molecule has 0 unspecified atom stereocenters. The fourth-order valence-corrected chi connectivity index (χ4v) is 4.35. The Balaban J connectivity index is 2.17. The Morgan fingerprint density at radius 3 is 2.39 bits per heavy atom. The topological polar surface area (TPSA) is 55.2 Å². The van der Waals surface area contributed by atoms with Crippen LogP contribution in [-0.2, 0) is 4.79 Å². The summed E-state index contributed by atoms with van der Waals surface area (Å²) in [6, 6.07) is 17.0. The standard InChI is InChI=1S/C22H25N3O2S/c1-5-15(2)25-20(26)17-13-9-10-14-18(17)23-22(25)28-19(21(27)24(3)4)16-11-7-6-8-12-16/h6-15,19H,5H2,1-4H3/t15-,19-/m0/s1. The number of likely N-dealkylation sites (N-methyl/N-ethyl adjacent to an activating group) is 1.